The Bertz CT molecular complexity index is 822. The van der Waals surface area contributed by atoms with Gasteiger partial charge in [0.05, 0.1) is 0 Å². The minimum absolute atomic E-state index is 0.0241. The summed E-state index contributed by atoms with van der Waals surface area (Å²) in [7, 11) is 0. The molecule has 6 heteroatoms. The summed E-state index contributed by atoms with van der Waals surface area (Å²) >= 11 is 0. The van der Waals surface area contributed by atoms with Crippen LogP contribution in [0.25, 0.3) is 0 Å². The lowest BCUT2D eigenvalue weighted by Crippen LogP contribution is -2.54. The molecule has 0 fully saturated rings. The number of guanidine groups is 2. The number of nitrogens with two attached hydrogens (primary N) is 2. The van der Waals surface area contributed by atoms with Gasteiger partial charge in [-0.3, -0.25) is 9.69 Å². The maximum atomic E-state index is 12.5. The first kappa shape index (κ1) is 15.7. The standard InChI is InChI=1S/C18H19N5O/c1-18(2)22-16(19)21-17(20)23(18)14-10-8-13(9-11-14)15(24)12-6-4-3-5-7-12/h3-11H,1-2H3,(H4,19,20,21,22). The molecule has 2 aromatic carbocycles. The number of aliphatic imine (C=N–C) groups is 2. The van der Waals surface area contributed by atoms with Gasteiger partial charge in [-0.05, 0) is 38.1 Å². The first-order valence-corrected chi connectivity index (χ1v) is 7.58. The Morgan fingerprint density at radius 3 is 2.12 bits per heavy atom. The van der Waals surface area contributed by atoms with Crippen molar-refractivity contribution >= 4 is 23.4 Å². The van der Waals surface area contributed by atoms with E-state index in [0.29, 0.717) is 11.1 Å². The van der Waals surface area contributed by atoms with Gasteiger partial charge in [0.1, 0.15) is 5.66 Å². The molecule has 4 N–H and O–H groups in total. The van der Waals surface area contributed by atoms with Crippen LogP contribution in [0.2, 0.25) is 0 Å². The van der Waals surface area contributed by atoms with Crippen molar-refractivity contribution in [3.05, 3.63) is 65.7 Å². The molecule has 0 amide bonds. The Hall–Kier alpha value is -3.15. The third-order valence-electron chi connectivity index (χ3n) is 3.82. The fourth-order valence-corrected chi connectivity index (χ4v) is 2.77. The summed E-state index contributed by atoms with van der Waals surface area (Å²) in [5.74, 6) is 0.406. The van der Waals surface area contributed by atoms with Crippen LogP contribution in [-0.4, -0.2) is 23.4 Å². The summed E-state index contributed by atoms with van der Waals surface area (Å²) in [6.07, 6.45) is 0. The normalized spacial score (nSPS) is 16.3. The van der Waals surface area contributed by atoms with Crippen LogP contribution in [0.1, 0.15) is 29.8 Å². The maximum Gasteiger partial charge on any atom is 0.220 e. The van der Waals surface area contributed by atoms with Gasteiger partial charge in [0.15, 0.2) is 5.78 Å². The third kappa shape index (κ3) is 2.86. The summed E-state index contributed by atoms with van der Waals surface area (Å²) in [4.78, 5) is 22.6. The molecule has 0 aliphatic carbocycles. The summed E-state index contributed by atoms with van der Waals surface area (Å²) in [6.45, 7) is 3.79. The summed E-state index contributed by atoms with van der Waals surface area (Å²) in [6, 6.07) is 16.4. The number of hydrogen-bond acceptors (Lipinski definition) is 6. The number of ketones is 1. The van der Waals surface area contributed by atoms with Crippen LogP contribution >= 0.6 is 0 Å². The Balaban J connectivity index is 1.90. The number of rotatable bonds is 3. The summed E-state index contributed by atoms with van der Waals surface area (Å²) in [5.41, 5.74) is 13.1. The fourth-order valence-electron chi connectivity index (χ4n) is 2.77. The molecule has 2 aromatic rings. The van der Waals surface area contributed by atoms with E-state index in [2.05, 4.69) is 9.98 Å². The highest BCUT2D eigenvalue weighted by Gasteiger charge is 2.32. The quantitative estimate of drug-likeness (QED) is 0.846. The highest BCUT2D eigenvalue weighted by Crippen LogP contribution is 2.27. The lowest BCUT2D eigenvalue weighted by atomic mass is 10.0. The number of carbonyl (C=O) groups excluding carboxylic acids is 1. The lowest BCUT2D eigenvalue weighted by Gasteiger charge is -2.38. The van der Waals surface area contributed by atoms with Crippen molar-refractivity contribution in [2.24, 2.45) is 21.5 Å². The van der Waals surface area contributed by atoms with Gasteiger partial charge >= 0.3 is 0 Å². The fraction of sp³-hybridized carbons (Fsp3) is 0.167. The van der Waals surface area contributed by atoms with Gasteiger partial charge in [-0.15, -0.1) is 0 Å². The van der Waals surface area contributed by atoms with Gasteiger partial charge in [-0.25, -0.2) is 4.99 Å². The molecule has 0 radical (unpaired) electrons. The zero-order chi connectivity index (χ0) is 17.3. The molecule has 0 spiro atoms. The Kier molecular flexibility index (Phi) is 3.81. The van der Waals surface area contributed by atoms with E-state index in [-0.39, 0.29) is 17.7 Å². The molecule has 1 aliphatic heterocycles. The molecule has 0 atom stereocenters. The molecule has 6 nitrogen and oxygen atoms in total. The van der Waals surface area contributed by atoms with Crippen molar-refractivity contribution in [1.82, 2.24) is 0 Å². The zero-order valence-corrected chi connectivity index (χ0v) is 13.6. The zero-order valence-electron chi connectivity index (χ0n) is 13.6. The van der Waals surface area contributed by atoms with E-state index >= 15 is 0 Å². The van der Waals surface area contributed by atoms with Crippen LogP contribution in [0.15, 0.2) is 64.6 Å². The predicted molar refractivity (Wildman–Crippen MR) is 96.1 cm³/mol. The monoisotopic (exact) mass is 321 g/mol. The van der Waals surface area contributed by atoms with Crippen molar-refractivity contribution < 1.29 is 4.79 Å². The van der Waals surface area contributed by atoms with E-state index in [1.165, 1.54) is 0 Å². The molecular weight excluding hydrogens is 302 g/mol. The number of nitrogens with zero attached hydrogens (tertiary/aromatic N) is 3. The molecular formula is C18H19N5O. The van der Waals surface area contributed by atoms with Crippen molar-refractivity contribution in [1.29, 1.82) is 0 Å². The number of hydrogen-bond donors (Lipinski definition) is 2. The second-order valence-electron chi connectivity index (χ2n) is 6.01. The average molecular weight is 321 g/mol. The number of benzene rings is 2. The highest BCUT2D eigenvalue weighted by molar-refractivity contribution is 6.09. The van der Waals surface area contributed by atoms with E-state index in [1.807, 2.05) is 44.2 Å². The smallest absolute Gasteiger partial charge is 0.220 e. The van der Waals surface area contributed by atoms with Crippen LogP contribution < -0.4 is 16.4 Å². The molecule has 1 aliphatic rings. The lowest BCUT2D eigenvalue weighted by molar-refractivity contribution is 0.103. The van der Waals surface area contributed by atoms with Crippen LogP contribution in [0, 0.1) is 0 Å². The van der Waals surface area contributed by atoms with Crippen molar-refractivity contribution in [3.8, 4) is 0 Å². The van der Waals surface area contributed by atoms with Crippen LogP contribution in [0.4, 0.5) is 5.69 Å². The molecule has 0 saturated carbocycles. The number of anilines is 1. The second kappa shape index (κ2) is 5.81. The van der Waals surface area contributed by atoms with E-state index in [0.717, 1.165) is 5.69 Å². The minimum atomic E-state index is -0.652. The van der Waals surface area contributed by atoms with E-state index in [9.17, 15) is 4.79 Å². The first-order chi connectivity index (χ1) is 11.4. The SMILES string of the molecule is CC1(C)N=C(N)N=C(N)N1c1ccc(C(=O)c2ccccc2)cc1. The number of carbonyl (C=O) groups is 1. The van der Waals surface area contributed by atoms with Gasteiger partial charge in [0.2, 0.25) is 11.9 Å². The highest BCUT2D eigenvalue weighted by atomic mass is 16.1. The Morgan fingerprint density at radius 2 is 1.54 bits per heavy atom. The average Bonchev–Trinajstić information content (AvgIpc) is 2.54. The van der Waals surface area contributed by atoms with Gasteiger partial charge in [0, 0.05) is 16.8 Å². The van der Waals surface area contributed by atoms with Gasteiger partial charge in [0.25, 0.3) is 0 Å². The predicted octanol–water partition coefficient (Wildman–Crippen LogP) is 2.10. The molecule has 122 valence electrons. The van der Waals surface area contributed by atoms with Gasteiger partial charge < -0.3 is 11.5 Å². The first-order valence-electron chi connectivity index (χ1n) is 7.58. The summed E-state index contributed by atoms with van der Waals surface area (Å²) in [5, 5.41) is 0. The topological polar surface area (TPSA) is 97.1 Å². The van der Waals surface area contributed by atoms with E-state index < -0.39 is 5.66 Å². The van der Waals surface area contributed by atoms with Gasteiger partial charge in [-0.1, -0.05) is 30.3 Å². The molecule has 0 aromatic heterocycles. The maximum absolute atomic E-state index is 12.5. The van der Waals surface area contributed by atoms with Gasteiger partial charge in [-0.2, -0.15) is 4.99 Å². The molecule has 0 saturated heterocycles. The van der Waals surface area contributed by atoms with Crippen molar-refractivity contribution in [2.45, 2.75) is 19.5 Å². The van der Waals surface area contributed by atoms with E-state index in [4.69, 9.17) is 11.5 Å². The van der Waals surface area contributed by atoms with Crippen molar-refractivity contribution in [2.75, 3.05) is 4.90 Å². The van der Waals surface area contributed by atoms with Crippen molar-refractivity contribution in [3.63, 3.8) is 0 Å². The Morgan fingerprint density at radius 1 is 0.958 bits per heavy atom. The van der Waals surface area contributed by atoms with Crippen LogP contribution in [0.3, 0.4) is 0 Å². The van der Waals surface area contributed by atoms with Crippen LogP contribution in [0.5, 0.6) is 0 Å². The van der Waals surface area contributed by atoms with Crippen LogP contribution in [-0.2, 0) is 0 Å². The summed E-state index contributed by atoms with van der Waals surface area (Å²) < 4.78 is 0. The molecule has 0 bridgehead atoms. The largest absolute Gasteiger partial charge is 0.369 e. The molecule has 24 heavy (non-hydrogen) atoms. The third-order valence-corrected chi connectivity index (χ3v) is 3.82. The molecule has 3 rings (SSSR count). The Labute approximate surface area is 140 Å². The molecule has 1 heterocycles. The molecule has 0 unspecified atom stereocenters. The minimum Gasteiger partial charge on any atom is -0.369 e. The van der Waals surface area contributed by atoms with E-state index in [1.54, 1.807) is 29.2 Å². The second-order valence-corrected chi connectivity index (χ2v) is 6.01.